The average molecular weight is 389 g/mol. The van der Waals surface area contributed by atoms with Crippen LogP contribution in [0.4, 0.5) is 5.82 Å². The lowest BCUT2D eigenvalue weighted by atomic mass is 10.2. The number of nitrogens with one attached hydrogen (secondary N) is 2. The van der Waals surface area contributed by atoms with Crippen LogP contribution >= 0.6 is 46.6 Å². The molecule has 0 amide bonds. The van der Waals surface area contributed by atoms with Gasteiger partial charge in [-0.25, -0.2) is 4.98 Å². The van der Waals surface area contributed by atoms with E-state index < -0.39 is 0 Å². The van der Waals surface area contributed by atoms with Gasteiger partial charge in [0, 0.05) is 35.3 Å². The van der Waals surface area contributed by atoms with Gasteiger partial charge in [0.05, 0.1) is 5.37 Å². The predicted molar refractivity (Wildman–Crippen MR) is 101 cm³/mol. The van der Waals surface area contributed by atoms with Crippen LogP contribution in [0.2, 0.25) is 15.2 Å². The summed E-state index contributed by atoms with van der Waals surface area (Å²) in [5.74, 6) is 1.92. The summed E-state index contributed by atoms with van der Waals surface area (Å²) in [5.41, 5.74) is 2.33. The molecule has 2 heterocycles. The number of rotatable bonds is 6. The van der Waals surface area contributed by atoms with Crippen molar-refractivity contribution >= 4 is 52.4 Å². The predicted octanol–water partition coefficient (Wildman–Crippen LogP) is 4.86. The van der Waals surface area contributed by atoms with E-state index in [1.54, 1.807) is 6.07 Å². The number of aromatic nitrogens is 1. The van der Waals surface area contributed by atoms with Crippen LogP contribution in [0.25, 0.3) is 0 Å². The van der Waals surface area contributed by atoms with Crippen molar-refractivity contribution in [3.05, 3.63) is 56.7 Å². The van der Waals surface area contributed by atoms with Gasteiger partial charge in [-0.05, 0) is 35.4 Å². The minimum atomic E-state index is 0.360. The number of anilines is 1. The highest BCUT2D eigenvalue weighted by Gasteiger charge is 2.21. The summed E-state index contributed by atoms with van der Waals surface area (Å²) in [6.45, 7) is 1.67. The SMILES string of the molecule is Clc1cc(Cl)cc(CNCCSC2Cc3ccc(Cl)nc3N2)c1. The highest BCUT2D eigenvalue weighted by atomic mass is 35.5. The first-order chi connectivity index (χ1) is 11.1. The fourth-order valence-corrected chi connectivity index (χ4v) is 4.23. The number of halogens is 3. The smallest absolute Gasteiger partial charge is 0.131 e. The Morgan fingerprint density at radius 1 is 1.17 bits per heavy atom. The van der Waals surface area contributed by atoms with E-state index in [0.29, 0.717) is 20.6 Å². The lowest BCUT2D eigenvalue weighted by molar-refractivity contribution is 0.731. The molecule has 1 aliphatic heterocycles. The van der Waals surface area contributed by atoms with Crippen LogP contribution in [0.3, 0.4) is 0 Å². The fourth-order valence-electron chi connectivity index (χ4n) is 2.48. The molecule has 3 rings (SSSR count). The molecule has 1 aliphatic rings. The lowest BCUT2D eigenvalue weighted by Gasteiger charge is -2.11. The molecule has 0 spiro atoms. The second kappa shape index (κ2) is 7.95. The Kier molecular flexibility index (Phi) is 5.94. The quantitative estimate of drug-likeness (QED) is 0.547. The fraction of sp³-hybridized carbons (Fsp3) is 0.312. The Morgan fingerprint density at radius 2 is 1.96 bits per heavy atom. The van der Waals surface area contributed by atoms with Crippen LogP contribution in [0, 0.1) is 0 Å². The molecule has 1 atom stereocenters. The summed E-state index contributed by atoms with van der Waals surface area (Å²) in [4.78, 5) is 4.30. The minimum Gasteiger partial charge on any atom is -0.358 e. The van der Waals surface area contributed by atoms with Crippen molar-refractivity contribution in [3.8, 4) is 0 Å². The average Bonchev–Trinajstić information content (AvgIpc) is 2.87. The van der Waals surface area contributed by atoms with Gasteiger partial charge in [-0.15, -0.1) is 11.8 Å². The van der Waals surface area contributed by atoms with Crippen molar-refractivity contribution in [1.82, 2.24) is 10.3 Å². The zero-order valence-corrected chi connectivity index (χ0v) is 15.4. The Morgan fingerprint density at radius 3 is 2.74 bits per heavy atom. The number of hydrogen-bond donors (Lipinski definition) is 2. The van der Waals surface area contributed by atoms with E-state index >= 15 is 0 Å². The van der Waals surface area contributed by atoms with Gasteiger partial charge in [-0.1, -0.05) is 40.9 Å². The number of nitrogens with zero attached hydrogens (tertiary/aromatic N) is 1. The maximum absolute atomic E-state index is 5.99. The van der Waals surface area contributed by atoms with Gasteiger partial charge in [-0.2, -0.15) is 0 Å². The molecule has 0 fully saturated rings. The van der Waals surface area contributed by atoms with E-state index in [1.807, 2.05) is 36.0 Å². The van der Waals surface area contributed by atoms with Crippen LogP contribution in [-0.2, 0) is 13.0 Å². The Balaban J connectivity index is 1.38. The van der Waals surface area contributed by atoms with Gasteiger partial charge in [0.2, 0.25) is 0 Å². The first kappa shape index (κ1) is 17.2. The first-order valence-electron chi connectivity index (χ1n) is 7.29. The van der Waals surface area contributed by atoms with Crippen molar-refractivity contribution < 1.29 is 0 Å². The van der Waals surface area contributed by atoms with Crippen molar-refractivity contribution in [3.63, 3.8) is 0 Å². The van der Waals surface area contributed by atoms with Crippen LogP contribution in [0.5, 0.6) is 0 Å². The molecule has 122 valence electrons. The molecule has 0 bridgehead atoms. The van der Waals surface area contributed by atoms with Crippen molar-refractivity contribution in [2.45, 2.75) is 18.3 Å². The molecule has 0 aliphatic carbocycles. The monoisotopic (exact) mass is 387 g/mol. The number of hydrogen-bond acceptors (Lipinski definition) is 4. The topological polar surface area (TPSA) is 37.0 Å². The summed E-state index contributed by atoms with van der Waals surface area (Å²) >= 11 is 19.8. The van der Waals surface area contributed by atoms with Crippen LogP contribution < -0.4 is 10.6 Å². The van der Waals surface area contributed by atoms with Crippen molar-refractivity contribution in [2.24, 2.45) is 0 Å². The Bertz CT molecular complexity index is 676. The lowest BCUT2D eigenvalue weighted by Crippen LogP contribution is -2.19. The molecule has 0 radical (unpaired) electrons. The summed E-state index contributed by atoms with van der Waals surface area (Å²) in [6, 6.07) is 9.48. The Labute approximate surface area is 155 Å². The molecule has 1 aromatic carbocycles. The largest absolute Gasteiger partial charge is 0.358 e. The summed E-state index contributed by atoms with van der Waals surface area (Å²) in [6.07, 6.45) is 0.980. The first-order valence-corrected chi connectivity index (χ1v) is 9.48. The zero-order chi connectivity index (χ0) is 16.2. The Hall–Kier alpha value is -0.650. The van der Waals surface area contributed by atoms with E-state index in [9.17, 15) is 0 Å². The van der Waals surface area contributed by atoms with E-state index in [2.05, 4.69) is 15.6 Å². The second-order valence-corrected chi connectivity index (χ2v) is 7.87. The second-order valence-electron chi connectivity index (χ2n) is 5.30. The molecule has 1 unspecified atom stereocenters. The third-order valence-corrected chi connectivity index (χ3v) is 5.27. The number of benzene rings is 1. The molecule has 3 nitrogen and oxygen atoms in total. The normalized spacial score (nSPS) is 16.2. The van der Waals surface area contributed by atoms with Crippen LogP contribution in [-0.4, -0.2) is 22.7 Å². The van der Waals surface area contributed by atoms with Gasteiger partial charge in [0.25, 0.3) is 0 Å². The van der Waals surface area contributed by atoms with Gasteiger partial charge in [0.15, 0.2) is 0 Å². The maximum atomic E-state index is 5.99. The number of pyridine rings is 1. The standard InChI is InChI=1S/C16H16Cl3N3S/c17-12-5-10(6-13(18)8-12)9-20-3-4-23-15-7-11-1-2-14(19)21-16(11)22-15/h1-2,5-6,8,15,20H,3-4,7,9H2,(H,21,22). The number of fused-ring (bicyclic) bond motifs is 1. The maximum Gasteiger partial charge on any atom is 0.131 e. The van der Waals surface area contributed by atoms with Gasteiger partial charge in [-0.3, -0.25) is 0 Å². The van der Waals surface area contributed by atoms with Gasteiger partial charge in [0.1, 0.15) is 11.0 Å². The molecule has 23 heavy (non-hydrogen) atoms. The van der Waals surface area contributed by atoms with E-state index in [1.165, 1.54) is 5.56 Å². The summed E-state index contributed by atoms with van der Waals surface area (Å²) in [7, 11) is 0. The van der Waals surface area contributed by atoms with Crippen LogP contribution in [0.15, 0.2) is 30.3 Å². The van der Waals surface area contributed by atoms with Gasteiger partial charge < -0.3 is 10.6 Å². The zero-order valence-electron chi connectivity index (χ0n) is 12.3. The molecule has 2 aromatic rings. The molecular weight excluding hydrogens is 373 g/mol. The summed E-state index contributed by atoms with van der Waals surface area (Å²) < 4.78 is 0. The molecule has 0 saturated heterocycles. The highest BCUT2D eigenvalue weighted by molar-refractivity contribution is 8.00. The molecule has 1 aromatic heterocycles. The highest BCUT2D eigenvalue weighted by Crippen LogP contribution is 2.30. The van der Waals surface area contributed by atoms with E-state index in [-0.39, 0.29) is 0 Å². The van der Waals surface area contributed by atoms with Gasteiger partial charge >= 0.3 is 0 Å². The van der Waals surface area contributed by atoms with Crippen LogP contribution in [0.1, 0.15) is 11.1 Å². The van der Waals surface area contributed by atoms with Crippen molar-refractivity contribution in [1.29, 1.82) is 0 Å². The third-order valence-electron chi connectivity index (χ3n) is 3.50. The molecular formula is C16H16Cl3N3S. The number of thioether (sulfide) groups is 1. The van der Waals surface area contributed by atoms with E-state index in [0.717, 1.165) is 36.6 Å². The minimum absolute atomic E-state index is 0.360. The molecule has 2 N–H and O–H groups in total. The van der Waals surface area contributed by atoms with E-state index in [4.69, 9.17) is 34.8 Å². The summed E-state index contributed by atoms with van der Waals surface area (Å²) in [5, 5.41) is 9.04. The third kappa shape index (κ3) is 4.91. The molecule has 7 heteroatoms. The molecule has 0 saturated carbocycles. The van der Waals surface area contributed by atoms with Crippen molar-refractivity contribution in [2.75, 3.05) is 17.6 Å².